The lowest BCUT2D eigenvalue weighted by molar-refractivity contribution is -0.138. The number of fused-ring (bicyclic) bond motifs is 10. The fraction of sp³-hybridized carbons (Fsp3) is 0.120. The Bertz CT molecular complexity index is 1740. The van der Waals surface area contributed by atoms with Gasteiger partial charge in [0.25, 0.3) is 11.8 Å². The number of carboxylic acids is 1. The molecule has 0 spiro atoms. The Kier molecular flexibility index (Phi) is 4.07. The summed E-state index contributed by atoms with van der Waals surface area (Å²) < 4.78 is 1.77. The zero-order valence-corrected chi connectivity index (χ0v) is 18.0. The molecule has 0 aliphatic carbocycles. The number of para-hydroxylation sites is 2. The molecular formula is C25H18N4O5. The summed E-state index contributed by atoms with van der Waals surface area (Å²) in [4.78, 5) is 54.7. The zero-order valence-electron chi connectivity index (χ0n) is 18.0. The van der Waals surface area contributed by atoms with Crippen LogP contribution in [0.25, 0.3) is 43.6 Å². The number of carboxylic acid groups (broad SMARTS) is 1. The number of hydrogen-bond donors (Lipinski definition) is 3. The first-order valence-electron chi connectivity index (χ1n) is 10.7. The number of hydrogen-bond acceptors (Lipinski definition) is 4. The molecule has 9 nitrogen and oxygen atoms in total. The Hall–Kier alpha value is -4.66. The Morgan fingerprint density at radius 1 is 0.941 bits per heavy atom. The van der Waals surface area contributed by atoms with Crippen molar-refractivity contribution in [2.24, 2.45) is 0 Å². The van der Waals surface area contributed by atoms with Crippen molar-refractivity contribution in [1.29, 1.82) is 0 Å². The van der Waals surface area contributed by atoms with Gasteiger partial charge in [-0.05, 0) is 12.1 Å². The van der Waals surface area contributed by atoms with Crippen LogP contribution in [0.3, 0.4) is 0 Å². The number of nitrogens with zero attached hydrogens (tertiary/aromatic N) is 2. The van der Waals surface area contributed by atoms with E-state index in [1.54, 1.807) is 4.57 Å². The van der Waals surface area contributed by atoms with Gasteiger partial charge in [-0.2, -0.15) is 0 Å². The van der Waals surface area contributed by atoms with Crippen LogP contribution in [0, 0.1) is 0 Å². The fourth-order valence-electron chi connectivity index (χ4n) is 5.04. The second-order valence-electron chi connectivity index (χ2n) is 8.34. The third-order valence-corrected chi connectivity index (χ3v) is 6.44. The van der Waals surface area contributed by atoms with Crippen LogP contribution in [0.4, 0.5) is 0 Å². The number of aromatic amines is 1. The first-order valence-corrected chi connectivity index (χ1v) is 10.7. The van der Waals surface area contributed by atoms with Crippen molar-refractivity contribution in [3.63, 3.8) is 0 Å². The molecule has 3 amide bonds. The van der Waals surface area contributed by atoms with Gasteiger partial charge in [-0.15, -0.1) is 0 Å². The summed E-state index contributed by atoms with van der Waals surface area (Å²) in [5, 5.41) is 14.1. The Morgan fingerprint density at radius 3 is 2.32 bits per heavy atom. The minimum absolute atomic E-state index is 0.154. The molecule has 2 aromatic heterocycles. The van der Waals surface area contributed by atoms with Crippen LogP contribution in [0.1, 0.15) is 20.7 Å². The largest absolute Gasteiger partial charge is 0.480 e. The smallest absolute Gasteiger partial charge is 0.322 e. The number of amides is 3. The first-order chi connectivity index (χ1) is 16.4. The minimum Gasteiger partial charge on any atom is -0.480 e. The van der Waals surface area contributed by atoms with Crippen molar-refractivity contribution in [2.45, 2.75) is 6.54 Å². The van der Waals surface area contributed by atoms with Gasteiger partial charge in [-0.3, -0.25) is 24.1 Å². The summed E-state index contributed by atoms with van der Waals surface area (Å²) in [7, 11) is 1.47. The van der Waals surface area contributed by atoms with E-state index in [-0.39, 0.29) is 12.5 Å². The number of benzene rings is 3. The summed E-state index contributed by atoms with van der Waals surface area (Å²) in [6.07, 6.45) is 0. The van der Waals surface area contributed by atoms with Gasteiger partial charge in [0.05, 0.1) is 22.2 Å². The summed E-state index contributed by atoms with van der Waals surface area (Å²) in [5.41, 5.74) is 3.44. The lowest BCUT2D eigenvalue weighted by Crippen LogP contribution is -2.32. The Labute approximate surface area is 191 Å². The van der Waals surface area contributed by atoms with Crippen LogP contribution >= 0.6 is 0 Å². The van der Waals surface area contributed by atoms with Crippen molar-refractivity contribution < 1.29 is 24.3 Å². The molecule has 9 heteroatoms. The highest BCUT2D eigenvalue weighted by Crippen LogP contribution is 2.44. The second kappa shape index (κ2) is 6.92. The highest BCUT2D eigenvalue weighted by Gasteiger charge is 2.39. The van der Waals surface area contributed by atoms with Gasteiger partial charge < -0.3 is 20.0 Å². The van der Waals surface area contributed by atoms with E-state index in [9.17, 15) is 19.2 Å². The molecule has 3 N–H and O–H groups in total. The molecular weight excluding hydrogens is 436 g/mol. The van der Waals surface area contributed by atoms with Crippen LogP contribution in [0.2, 0.25) is 0 Å². The number of nitrogens with one attached hydrogen (secondary N) is 2. The van der Waals surface area contributed by atoms with E-state index < -0.39 is 24.3 Å². The van der Waals surface area contributed by atoms with E-state index >= 15 is 0 Å². The molecule has 1 aliphatic rings. The van der Waals surface area contributed by atoms with E-state index in [4.69, 9.17) is 5.11 Å². The van der Waals surface area contributed by atoms with E-state index in [2.05, 4.69) is 10.3 Å². The summed E-state index contributed by atoms with van der Waals surface area (Å²) >= 11 is 0. The molecule has 34 heavy (non-hydrogen) atoms. The molecule has 0 saturated heterocycles. The average molecular weight is 454 g/mol. The van der Waals surface area contributed by atoms with Gasteiger partial charge in [0.15, 0.2) is 0 Å². The third-order valence-electron chi connectivity index (χ3n) is 6.44. The highest BCUT2D eigenvalue weighted by molar-refractivity contribution is 6.39. The number of H-pyrrole nitrogens is 1. The standard InChI is InChI=1S/C25H18N4O5/c1-28-24(33)20-18-12-6-2-4-8-14(12)27-22(18)23-19(21(20)25(28)34)13-7-3-5-9-15(13)29(23)11-16(30)26-10-17(31)32/h2-9,27H,10-11H2,1H3,(H,26,30)(H,31,32). The van der Waals surface area contributed by atoms with Crippen molar-refractivity contribution >= 4 is 67.3 Å². The number of aromatic nitrogens is 2. The van der Waals surface area contributed by atoms with Crippen molar-refractivity contribution in [2.75, 3.05) is 13.6 Å². The van der Waals surface area contributed by atoms with Gasteiger partial charge in [0.1, 0.15) is 13.1 Å². The molecule has 0 radical (unpaired) electrons. The molecule has 6 rings (SSSR count). The summed E-state index contributed by atoms with van der Waals surface area (Å²) in [5.74, 6) is -2.38. The first kappa shape index (κ1) is 20.0. The van der Waals surface area contributed by atoms with Gasteiger partial charge >= 0.3 is 5.97 Å². The Balaban J connectivity index is 1.79. The van der Waals surface area contributed by atoms with Crippen LogP contribution in [-0.2, 0) is 16.1 Å². The fourth-order valence-corrected chi connectivity index (χ4v) is 5.04. The number of rotatable bonds is 4. The molecule has 0 atom stereocenters. The normalized spacial score (nSPS) is 13.5. The number of carbonyl (C=O) groups is 4. The number of aliphatic carboxylic acids is 1. The van der Waals surface area contributed by atoms with Gasteiger partial charge in [0, 0.05) is 39.6 Å². The maximum absolute atomic E-state index is 13.3. The molecule has 5 aromatic rings. The SMILES string of the molecule is CN1C(=O)c2c(c3c4ccccc4n(CC(=O)NCC(=O)O)c3c3[nH]c4ccccc4c23)C1=O. The van der Waals surface area contributed by atoms with Crippen molar-refractivity contribution in [3.8, 4) is 0 Å². The van der Waals surface area contributed by atoms with Crippen LogP contribution < -0.4 is 5.32 Å². The van der Waals surface area contributed by atoms with E-state index in [0.717, 1.165) is 21.2 Å². The second-order valence-corrected chi connectivity index (χ2v) is 8.34. The topological polar surface area (TPSA) is 124 Å². The lowest BCUT2D eigenvalue weighted by atomic mass is 9.97. The third kappa shape index (κ3) is 2.54. The number of imide groups is 1. The predicted octanol–water partition coefficient (Wildman–Crippen LogP) is 2.86. The molecule has 3 aromatic carbocycles. The molecule has 0 bridgehead atoms. The number of carbonyl (C=O) groups excluding carboxylic acids is 3. The maximum Gasteiger partial charge on any atom is 0.322 e. The summed E-state index contributed by atoms with van der Waals surface area (Å²) in [6.45, 7) is -0.649. The van der Waals surface area contributed by atoms with Crippen LogP contribution in [0.15, 0.2) is 48.5 Å². The van der Waals surface area contributed by atoms with E-state index in [1.807, 2.05) is 48.5 Å². The summed E-state index contributed by atoms with van der Waals surface area (Å²) in [6, 6.07) is 14.9. The van der Waals surface area contributed by atoms with Gasteiger partial charge in [-0.25, -0.2) is 0 Å². The molecule has 1 aliphatic heterocycles. The molecule has 3 heterocycles. The quantitative estimate of drug-likeness (QED) is 0.360. The van der Waals surface area contributed by atoms with Crippen LogP contribution in [0.5, 0.6) is 0 Å². The predicted molar refractivity (Wildman–Crippen MR) is 126 cm³/mol. The highest BCUT2D eigenvalue weighted by atomic mass is 16.4. The molecule has 0 fully saturated rings. The van der Waals surface area contributed by atoms with Crippen molar-refractivity contribution in [1.82, 2.24) is 19.8 Å². The Morgan fingerprint density at radius 2 is 1.59 bits per heavy atom. The maximum atomic E-state index is 13.3. The zero-order chi connectivity index (χ0) is 23.7. The van der Waals surface area contributed by atoms with Crippen molar-refractivity contribution in [3.05, 3.63) is 59.7 Å². The van der Waals surface area contributed by atoms with E-state index in [0.29, 0.717) is 38.4 Å². The van der Waals surface area contributed by atoms with E-state index in [1.165, 1.54) is 7.05 Å². The minimum atomic E-state index is -1.14. The van der Waals surface area contributed by atoms with Crippen LogP contribution in [-0.4, -0.2) is 56.8 Å². The monoisotopic (exact) mass is 454 g/mol. The lowest BCUT2D eigenvalue weighted by Gasteiger charge is -2.09. The molecule has 0 unspecified atom stereocenters. The van der Waals surface area contributed by atoms with Gasteiger partial charge in [-0.1, -0.05) is 36.4 Å². The average Bonchev–Trinajstić information content (AvgIpc) is 3.43. The van der Waals surface area contributed by atoms with Gasteiger partial charge in [0.2, 0.25) is 5.91 Å². The molecule has 168 valence electrons. The molecule has 0 saturated carbocycles.